The highest BCUT2D eigenvalue weighted by Crippen LogP contribution is 2.30. The van der Waals surface area contributed by atoms with Gasteiger partial charge in [-0.1, -0.05) is 6.07 Å². The lowest BCUT2D eigenvalue weighted by atomic mass is 9.95. The molecular weight excluding hydrogens is 421 g/mol. The van der Waals surface area contributed by atoms with Gasteiger partial charge in [-0.25, -0.2) is 14.4 Å². The van der Waals surface area contributed by atoms with Crippen molar-refractivity contribution in [1.29, 1.82) is 0 Å². The van der Waals surface area contributed by atoms with Gasteiger partial charge in [0.1, 0.15) is 23.6 Å². The Kier molecular flexibility index (Phi) is 6.26. The maximum absolute atomic E-state index is 13.7. The molecule has 2 fully saturated rings. The monoisotopic (exact) mass is 447 g/mol. The quantitative estimate of drug-likeness (QED) is 0.628. The summed E-state index contributed by atoms with van der Waals surface area (Å²) >= 11 is 0. The number of rotatable bonds is 5. The number of benzene rings is 1. The van der Waals surface area contributed by atoms with Crippen molar-refractivity contribution in [3.8, 4) is 11.3 Å². The smallest absolute Gasteiger partial charge is 0.251 e. The Labute approximate surface area is 192 Å². The first-order chi connectivity index (χ1) is 16.2. The van der Waals surface area contributed by atoms with Crippen LogP contribution in [0.25, 0.3) is 11.3 Å². The first-order valence-electron chi connectivity index (χ1n) is 11.4. The van der Waals surface area contributed by atoms with Crippen molar-refractivity contribution in [3.05, 3.63) is 66.5 Å². The highest BCUT2D eigenvalue weighted by Gasteiger charge is 2.32. The van der Waals surface area contributed by atoms with Crippen LogP contribution < -0.4 is 5.32 Å². The summed E-state index contributed by atoms with van der Waals surface area (Å²) in [7, 11) is 0. The summed E-state index contributed by atoms with van der Waals surface area (Å²) in [6.45, 7) is 2.00. The molecule has 7 nitrogen and oxygen atoms in total. The Hall–Kier alpha value is -3.39. The molecule has 2 aliphatic heterocycles. The second kappa shape index (κ2) is 9.62. The zero-order chi connectivity index (χ0) is 22.6. The maximum atomic E-state index is 13.7. The van der Waals surface area contributed by atoms with Crippen molar-refractivity contribution in [2.75, 3.05) is 25.0 Å². The number of likely N-dealkylation sites (tertiary alicyclic amines) is 1. The molecule has 8 heteroatoms. The average Bonchev–Trinajstić information content (AvgIpc) is 3.39. The number of carbonyl (C=O) groups is 1. The van der Waals surface area contributed by atoms with Gasteiger partial charge >= 0.3 is 0 Å². The summed E-state index contributed by atoms with van der Waals surface area (Å²) < 4.78 is 19.2. The van der Waals surface area contributed by atoms with Gasteiger partial charge in [0.2, 0.25) is 0 Å². The van der Waals surface area contributed by atoms with E-state index in [4.69, 9.17) is 14.7 Å². The van der Waals surface area contributed by atoms with Crippen molar-refractivity contribution in [2.45, 2.75) is 37.7 Å². The fraction of sp³-hybridized carbons (Fsp3) is 0.360. The molecule has 1 N–H and O–H groups in total. The van der Waals surface area contributed by atoms with Crippen molar-refractivity contribution in [3.63, 3.8) is 0 Å². The van der Waals surface area contributed by atoms with Crippen LogP contribution in [0.15, 0.2) is 54.9 Å². The molecule has 1 amide bonds. The second-order valence-electron chi connectivity index (χ2n) is 8.47. The summed E-state index contributed by atoms with van der Waals surface area (Å²) in [6, 6.07) is 12.0. The standard InChI is InChI=1S/C25H26FN5O2/c26-19-5-1-6-20(14-19)28-23-15-21(18-4-2-10-27-16-18)29-24(30-23)17-8-11-31(12-9-17)25(32)22-7-3-13-33-22/h1-2,4-6,10,14-17,22H,3,7-9,11-13H2,(H,28,29,30). The highest BCUT2D eigenvalue weighted by molar-refractivity contribution is 5.81. The Morgan fingerprint density at radius 2 is 1.97 bits per heavy atom. The Morgan fingerprint density at radius 1 is 1.09 bits per heavy atom. The second-order valence-corrected chi connectivity index (χ2v) is 8.47. The van der Waals surface area contributed by atoms with Crippen molar-refractivity contribution in [1.82, 2.24) is 19.9 Å². The largest absolute Gasteiger partial charge is 0.368 e. The molecule has 2 aromatic heterocycles. The number of anilines is 2. The van der Waals surface area contributed by atoms with Crippen LogP contribution in [-0.4, -0.2) is 51.6 Å². The van der Waals surface area contributed by atoms with E-state index in [0.717, 1.165) is 42.8 Å². The first kappa shape index (κ1) is 21.5. The van der Waals surface area contributed by atoms with E-state index in [1.807, 2.05) is 23.1 Å². The van der Waals surface area contributed by atoms with Gasteiger partial charge in [0.25, 0.3) is 5.91 Å². The molecule has 0 aliphatic carbocycles. The molecule has 0 radical (unpaired) electrons. The van der Waals surface area contributed by atoms with E-state index in [0.29, 0.717) is 31.2 Å². The maximum Gasteiger partial charge on any atom is 0.251 e. The van der Waals surface area contributed by atoms with Gasteiger partial charge in [-0.2, -0.15) is 0 Å². The molecule has 2 aliphatic rings. The van der Waals surface area contributed by atoms with Crippen LogP contribution in [0, 0.1) is 5.82 Å². The van der Waals surface area contributed by atoms with Gasteiger partial charge in [-0.15, -0.1) is 0 Å². The fourth-order valence-corrected chi connectivity index (χ4v) is 4.42. The minimum Gasteiger partial charge on any atom is -0.368 e. The van der Waals surface area contributed by atoms with E-state index in [1.54, 1.807) is 24.5 Å². The van der Waals surface area contributed by atoms with Crippen LogP contribution in [0.2, 0.25) is 0 Å². The summed E-state index contributed by atoms with van der Waals surface area (Å²) in [5.74, 6) is 1.24. The Balaban J connectivity index is 1.37. The number of carbonyl (C=O) groups excluding carboxylic acids is 1. The summed E-state index contributed by atoms with van der Waals surface area (Å²) in [5.41, 5.74) is 2.26. The number of ether oxygens (including phenoxy) is 1. The number of nitrogens with one attached hydrogen (secondary N) is 1. The predicted octanol–water partition coefficient (Wildman–Crippen LogP) is 4.31. The van der Waals surface area contributed by atoms with E-state index in [1.165, 1.54) is 12.1 Å². The summed E-state index contributed by atoms with van der Waals surface area (Å²) in [6.07, 6.45) is 6.53. The molecule has 0 spiro atoms. The van der Waals surface area contributed by atoms with Crippen molar-refractivity contribution in [2.24, 2.45) is 0 Å². The van der Waals surface area contributed by atoms with E-state index in [2.05, 4.69) is 10.3 Å². The minimum absolute atomic E-state index is 0.101. The fourth-order valence-electron chi connectivity index (χ4n) is 4.42. The van der Waals surface area contributed by atoms with E-state index < -0.39 is 0 Å². The minimum atomic E-state index is -0.315. The molecule has 2 saturated heterocycles. The lowest BCUT2D eigenvalue weighted by Gasteiger charge is -2.32. The molecular formula is C25H26FN5O2. The normalized spacial score (nSPS) is 18.9. The summed E-state index contributed by atoms with van der Waals surface area (Å²) in [5, 5.41) is 3.21. The van der Waals surface area contributed by atoms with Crippen LogP contribution in [0.1, 0.15) is 37.4 Å². The molecule has 3 aromatic rings. The van der Waals surface area contributed by atoms with Crippen LogP contribution >= 0.6 is 0 Å². The molecule has 1 unspecified atom stereocenters. The van der Waals surface area contributed by atoms with Gasteiger partial charge in [0.05, 0.1) is 5.69 Å². The van der Waals surface area contributed by atoms with Gasteiger partial charge in [-0.3, -0.25) is 9.78 Å². The van der Waals surface area contributed by atoms with Gasteiger partial charge in [0.15, 0.2) is 0 Å². The molecule has 170 valence electrons. The lowest BCUT2D eigenvalue weighted by molar-refractivity contribution is -0.142. The number of aromatic nitrogens is 3. The zero-order valence-electron chi connectivity index (χ0n) is 18.3. The Bertz CT molecular complexity index is 1110. The van der Waals surface area contributed by atoms with E-state index in [-0.39, 0.29) is 23.7 Å². The molecule has 4 heterocycles. The van der Waals surface area contributed by atoms with Crippen molar-refractivity contribution >= 4 is 17.4 Å². The average molecular weight is 448 g/mol. The van der Waals surface area contributed by atoms with Gasteiger partial charge in [0, 0.05) is 55.3 Å². The third kappa shape index (κ3) is 5.01. The van der Waals surface area contributed by atoms with Crippen LogP contribution in [0.4, 0.5) is 15.9 Å². The first-order valence-corrected chi connectivity index (χ1v) is 11.4. The molecule has 5 rings (SSSR count). The molecule has 1 atom stereocenters. The molecule has 0 saturated carbocycles. The molecule has 1 aromatic carbocycles. The summed E-state index contributed by atoms with van der Waals surface area (Å²) in [4.78, 5) is 28.4. The SMILES string of the molecule is O=C(C1CCCO1)N1CCC(c2nc(Nc3cccc(F)c3)cc(-c3cccnc3)n2)CC1. The molecule has 0 bridgehead atoms. The van der Waals surface area contributed by atoms with E-state index >= 15 is 0 Å². The van der Waals surface area contributed by atoms with Crippen molar-refractivity contribution < 1.29 is 13.9 Å². The zero-order valence-corrected chi connectivity index (χ0v) is 18.3. The Morgan fingerprint density at radius 3 is 2.70 bits per heavy atom. The predicted molar refractivity (Wildman–Crippen MR) is 122 cm³/mol. The van der Waals surface area contributed by atoms with E-state index in [9.17, 15) is 9.18 Å². The number of pyridine rings is 1. The van der Waals surface area contributed by atoms with Crippen LogP contribution in [0.3, 0.4) is 0 Å². The third-order valence-electron chi connectivity index (χ3n) is 6.17. The number of nitrogens with zero attached hydrogens (tertiary/aromatic N) is 4. The van der Waals surface area contributed by atoms with Crippen LogP contribution in [-0.2, 0) is 9.53 Å². The number of piperidine rings is 1. The number of hydrogen-bond acceptors (Lipinski definition) is 6. The number of amides is 1. The number of halogens is 1. The van der Waals surface area contributed by atoms with Gasteiger partial charge < -0.3 is 15.0 Å². The van der Waals surface area contributed by atoms with Crippen LogP contribution in [0.5, 0.6) is 0 Å². The topological polar surface area (TPSA) is 80.2 Å². The lowest BCUT2D eigenvalue weighted by Crippen LogP contribution is -2.43. The van der Waals surface area contributed by atoms with Gasteiger partial charge in [-0.05, 0) is 56.0 Å². The molecule has 33 heavy (non-hydrogen) atoms. The number of hydrogen-bond donors (Lipinski definition) is 1. The highest BCUT2D eigenvalue weighted by atomic mass is 19.1. The third-order valence-corrected chi connectivity index (χ3v) is 6.17.